The van der Waals surface area contributed by atoms with Gasteiger partial charge in [-0.3, -0.25) is 10.2 Å². The maximum absolute atomic E-state index is 13.8. The summed E-state index contributed by atoms with van der Waals surface area (Å²) < 4.78 is 27.3. The largest absolute Gasteiger partial charge is 0.414 e. The Morgan fingerprint density at radius 2 is 1.46 bits per heavy atom. The van der Waals surface area contributed by atoms with Crippen LogP contribution in [0.2, 0.25) is 61.9 Å². The number of benzene rings is 1. The Labute approximate surface area is 364 Å². The van der Waals surface area contributed by atoms with Crippen LogP contribution in [0.3, 0.4) is 0 Å². The SMILES string of the molecule is CC(C)=CN(COCC[Si](C)(C)C)C(=N)C(=O)CCc1ccc([C@H]2C[C@@]3(CO[Si](C)(C)C(C)(C)C)CC[C@@](CO[Si](C)(C)C(C)(C)C)(C2)O3)cc1C1=CCC(C)(C)CC1. The van der Waals surface area contributed by atoms with Crippen LogP contribution >= 0.6 is 0 Å². The highest BCUT2D eigenvalue weighted by atomic mass is 28.4. The summed E-state index contributed by atoms with van der Waals surface area (Å²) in [5.74, 6) is 0.154. The molecule has 2 heterocycles. The molecular formula is C49H86N2O5Si3. The van der Waals surface area contributed by atoms with E-state index < -0.39 is 24.7 Å². The average molecular weight is 867 g/mol. The van der Waals surface area contributed by atoms with E-state index in [1.54, 1.807) is 4.90 Å². The van der Waals surface area contributed by atoms with Crippen LogP contribution in [0.15, 0.2) is 36.0 Å². The minimum atomic E-state index is -2.01. The van der Waals surface area contributed by atoms with Gasteiger partial charge in [0.2, 0.25) is 0 Å². The van der Waals surface area contributed by atoms with Crippen molar-refractivity contribution in [3.63, 3.8) is 0 Å². The molecule has 2 fully saturated rings. The third-order valence-electron chi connectivity index (χ3n) is 14.4. The lowest BCUT2D eigenvalue weighted by molar-refractivity contribution is -0.173. The van der Waals surface area contributed by atoms with Crippen LogP contribution in [0, 0.1) is 10.8 Å². The summed E-state index contributed by atoms with van der Waals surface area (Å²) in [7, 11) is -5.26. The van der Waals surface area contributed by atoms with Crippen LogP contribution in [0.1, 0.15) is 143 Å². The Balaban J connectivity index is 1.65. The van der Waals surface area contributed by atoms with Gasteiger partial charge in [0.05, 0.1) is 24.4 Å². The normalized spacial score (nSPS) is 23.8. The molecule has 0 radical (unpaired) electrons. The number of nitrogens with one attached hydrogen (secondary N) is 1. The molecule has 1 aliphatic carbocycles. The number of hydrogen-bond acceptors (Lipinski definition) is 6. The molecule has 1 aromatic carbocycles. The minimum absolute atomic E-state index is 0.00381. The van der Waals surface area contributed by atoms with Gasteiger partial charge in [0.15, 0.2) is 28.3 Å². The van der Waals surface area contributed by atoms with Gasteiger partial charge in [-0.2, -0.15) is 0 Å². The van der Waals surface area contributed by atoms with Gasteiger partial charge < -0.3 is 23.2 Å². The lowest BCUT2D eigenvalue weighted by Gasteiger charge is -2.47. The number of nitrogens with zero attached hydrogens (tertiary/aromatic N) is 1. The van der Waals surface area contributed by atoms with E-state index >= 15 is 0 Å². The number of ether oxygens (including phenoxy) is 2. The predicted molar refractivity (Wildman–Crippen MR) is 257 cm³/mol. The molecule has 2 aliphatic heterocycles. The van der Waals surface area contributed by atoms with Gasteiger partial charge in [0.1, 0.15) is 6.73 Å². The lowest BCUT2D eigenvalue weighted by Crippen LogP contribution is -2.53. The second kappa shape index (κ2) is 18.6. The molecule has 59 heavy (non-hydrogen) atoms. The monoisotopic (exact) mass is 867 g/mol. The number of ketones is 1. The second-order valence-corrected chi connectivity index (χ2v) is 39.2. The van der Waals surface area contributed by atoms with Gasteiger partial charge in [0.25, 0.3) is 0 Å². The Bertz CT molecular complexity index is 1660. The molecule has 3 aliphatic rings. The van der Waals surface area contributed by atoms with Crippen molar-refractivity contribution in [3.05, 3.63) is 52.7 Å². The van der Waals surface area contributed by atoms with Gasteiger partial charge in [-0.1, -0.05) is 105 Å². The first-order valence-corrected chi connectivity index (χ1v) is 32.3. The topological polar surface area (TPSA) is 81.1 Å². The van der Waals surface area contributed by atoms with Crippen molar-refractivity contribution in [2.45, 2.75) is 206 Å². The Morgan fingerprint density at radius 3 is 1.93 bits per heavy atom. The van der Waals surface area contributed by atoms with Crippen LogP contribution in [0.25, 0.3) is 5.57 Å². The quantitative estimate of drug-likeness (QED) is 0.0520. The van der Waals surface area contributed by atoms with Gasteiger partial charge >= 0.3 is 0 Å². The minimum Gasteiger partial charge on any atom is -0.414 e. The third kappa shape index (κ3) is 13.4. The van der Waals surface area contributed by atoms with Crippen molar-refractivity contribution < 1.29 is 23.1 Å². The predicted octanol–water partition coefficient (Wildman–Crippen LogP) is 13.5. The third-order valence-corrected chi connectivity index (χ3v) is 25.1. The molecule has 0 spiro atoms. The standard InChI is InChI=1S/C49H86N2O5Si3/c1-37(2)33-51(36-53-28-29-57(11,12)13)44(50)43(52)21-20-38-18-19-40(30-42(38)39-22-24-47(9,10)25-23-39)41-31-48(34-54-58(14,15)45(3,4)5)26-27-49(32-41,56-48)35-55-59(16,17)46(6,7)8/h18-19,22,30,33,41,50H,20-21,23-29,31-32,34-36H2,1-17H3/t41-,48+,49-. The maximum Gasteiger partial charge on any atom is 0.198 e. The van der Waals surface area contributed by atoms with Crippen LogP contribution < -0.4 is 0 Å². The van der Waals surface area contributed by atoms with E-state index in [1.165, 1.54) is 22.3 Å². The molecule has 334 valence electrons. The zero-order valence-electron chi connectivity index (χ0n) is 40.9. The molecule has 7 nitrogen and oxygen atoms in total. The van der Waals surface area contributed by atoms with Crippen molar-refractivity contribution in [2.75, 3.05) is 26.6 Å². The Morgan fingerprint density at radius 1 is 0.898 bits per heavy atom. The highest BCUT2D eigenvalue weighted by Gasteiger charge is 2.57. The van der Waals surface area contributed by atoms with E-state index in [4.69, 9.17) is 23.7 Å². The molecule has 0 aromatic heterocycles. The summed E-state index contributed by atoms with van der Waals surface area (Å²) in [6, 6.07) is 8.15. The Hall–Kier alpha value is -1.67. The number of hydrogen-bond donors (Lipinski definition) is 1. The number of Topliss-reactive ketones (excluding diaryl/α,β-unsaturated/α-hetero) is 1. The number of allylic oxidation sites excluding steroid dienone is 3. The number of aryl methyl sites for hydroxylation is 1. The number of amidine groups is 1. The summed E-state index contributed by atoms with van der Waals surface area (Å²) in [6.45, 7) is 41.2. The summed E-state index contributed by atoms with van der Waals surface area (Å²) in [5.41, 5.74) is 5.86. The molecule has 1 aromatic rings. The van der Waals surface area contributed by atoms with Gasteiger partial charge in [-0.25, -0.2) is 0 Å². The van der Waals surface area contributed by atoms with E-state index in [0.717, 1.165) is 56.6 Å². The zero-order valence-corrected chi connectivity index (χ0v) is 43.9. The molecule has 0 saturated carbocycles. The van der Waals surface area contributed by atoms with Gasteiger partial charge in [-0.15, -0.1) is 0 Å². The fourth-order valence-corrected chi connectivity index (χ4v) is 11.0. The highest BCUT2D eigenvalue weighted by Crippen LogP contribution is 2.55. The first kappa shape index (κ1) is 50.0. The van der Waals surface area contributed by atoms with Crippen LogP contribution in [-0.2, 0) is 29.5 Å². The molecular weight excluding hydrogens is 781 g/mol. The van der Waals surface area contributed by atoms with Crippen LogP contribution in [-0.4, -0.2) is 79.0 Å². The molecule has 3 atom stereocenters. The zero-order chi connectivity index (χ0) is 44.5. The van der Waals surface area contributed by atoms with E-state index in [0.29, 0.717) is 32.2 Å². The second-order valence-electron chi connectivity index (χ2n) is 24.0. The summed E-state index contributed by atoms with van der Waals surface area (Å²) in [5, 5.41) is 9.19. The van der Waals surface area contributed by atoms with Crippen molar-refractivity contribution in [2.24, 2.45) is 5.41 Å². The van der Waals surface area contributed by atoms with Gasteiger partial charge in [-0.05, 0) is 141 Å². The number of carbonyl (C=O) groups is 1. The first-order chi connectivity index (χ1) is 26.9. The average Bonchev–Trinajstić information content (AvgIpc) is 3.38. The number of fused-ring (bicyclic) bond motifs is 2. The highest BCUT2D eigenvalue weighted by molar-refractivity contribution is 6.76. The van der Waals surface area contributed by atoms with Crippen LogP contribution in [0.5, 0.6) is 0 Å². The van der Waals surface area contributed by atoms with E-state index in [1.807, 2.05) is 20.0 Å². The van der Waals surface area contributed by atoms with Crippen molar-refractivity contribution in [3.8, 4) is 0 Å². The number of rotatable bonds is 18. The molecule has 1 N–H and O–H groups in total. The van der Waals surface area contributed by atoms with Crippen molar-refractivity contribution >= 4 is 41.9 Å². The van der Waals surface area contributed by atoms with Crippen molar-refractivity contribution in [1.29, 1.82) is 5.41 Å². The fourth-order valence-electron chi connectivity index (χ4n) is 8.12. The summed E-state index contributed by atoms with van der Waals surface area (Å²) >= 11 is 0. The van der Waals surface area contributed by atoms with E-state index in [-0.39, 0.29) is 51.5 Å². The fraction of sp³-hybridized carbons (Fsp3) is 0.755. The summed E-state index contributed by atoms with van der Waals surface area (Å²) in [4.78, 5) is 15.5. The van der Waals surface area contributed by atoms with Crippen molar-refractivity contribution in [1.82, 2.24) is 4.90 Å². The Kier molecular flexibility index (Phi) is 15.7. The lowest BCUT2D eigenvalue weighted by atomic mass is 9.75. The van der Waals surface area contributed by atoms with E-state index in [2.05, 4.69) is 125 Å². The smallest absolute Gasteiger partial charge is 0.198 e. The van der Waals surface area contributed by atoms with Gasteiger partial charge in [0, 0.05) is 27.3 Å². The molecule has 2 bridgehead atoms. The number of carbonyl (C=O) groups excluding carboxylic acids is 1. The molecule has 0 unspecified atom stereocenters. The molecule has 10 heteroatoms. The van der Waals surface area contributed by atoms with E-state index in [9.17, 15) is 4.79 Å². The molecule has 2 saturated heterocycles. The van der Waals surface area contributed by atoms with Crippen LogP contribution in [0.4, 0.5) is 0 Å². The summed E-state index contributed by atoms with van der Waals surface area (Å²) in [6.07, 6.45) is 12.3. The first-order valence-electron chi connectivity index (χ1n) is 22.8. The maximum atomic E-state index is 13.8. The molecule has 4 rings (SSSR count). The molecule has 0 amide bonds.